The Kier molecular flexibility index (Phi) is 3.46. The first kappa shape index (κ1) is 13.0. The SMILES string of the molecule is O=C(NNC(=O)c1ccco1)c1ccc2c(c1)OCCO2. The fourth-order valence-electron chi connectivity index (χ4n) is 1.84. The fourth-order valence-corrected chi connectivity index (χ4v) is 1.84. The van der Waals surface area contributed by atoms with E-state index in [0.717, 1.165) is 0 Å². The molecule has 108 valence electrons. The summed E-state index contributed by atoms with van der Waals surface area (Å²) in [5.74, 6) is 0.207. The largest absolute Gasteiger partial charge is 0.486 e. The van der Waals surface area contributed by atoms with Gasteiger partial charge in [-0.25, -0.2) is 0 Å². The molecule has 2 amide bonds. The molecule has 7 nitrogen and oxygen atoms in total. The van der Waals surface area contributed by atoms with E-state index in [0.29, 0.717) is 30.3 Å². The van der Waals surface area contributed by atoms with Gasteiger partial charge in [-0.05, 0) is 30.3 Å². The van der Waals surface area contributed by atoms with Gasteiger partial charge in [0.1, 0.15) is 13.2 Å². The Balaban J connectivity index is 1.64. The van der Waals surface area contributed by atoms with Crippen LogP contribution in [0.4, 0.5) is 0 Å². The van der Waals surface area contributed by atoms with Crippen molar-refractivity contribution in [3.05, 3.63) is 47.9 Å². The molecule has 1 aromatic heterocycles. The molecule has 7 heteroatoms. The lowest BCUT2D eigenvalue weighted by atomic mass is 10.2. The molecule has 3 rings (SSSR count). The molecule has 0 fully saturated rings. The standard InChI is InChI=1S/C14H12N2O5/c17-13(15-16-14(18)11-2-1-5-19-11)9-3-4-10-12(8-9)21-7-6-20-10/h1-5,8H,6-7H2,(H,15,17)(H,16,18). The number of hydrogen-bond donors (Lipinski definition) is 2. The molecule has 0 aliphatic carbocycles. The van der Waals surface area contributed by atoms with Gasteiger partial charge in [-0.15, -0.1) is 0 Å². The predicted octanol–water partition coefficient (Wildman–Crippen LogP) is 1.13. The molecule has 2 heterocycles. The predicted molar refractivity (Wildman–Crippen MR) is 71.1 cm³/mol. The van der Waals surface area contributed by atoms with E-state index in [1.165, 1.54) is 12.3 Å². The minimum Gasteiger partial charge on any atom is -0.486 e. The number of rotatable bonds is 2. The zero-order valence-electron chi connectivity index (χ0n) is 10.9. The maximum atomic E-state index is 12.0. The summed E-state index contributed by atoms with van der Waals surface area (Å²) in [5, 5.41) is 0. The number of hydrogen-bond acceptors (Lipinski definition) is 5. The van der Waals surface area contributed by atoms with Gasteiger partial charge < -0.3 is 13.9 Å². The summed E-state index contributed by atoms with van der Waals surface area (Å²) < 4.78 is 15.7. The van der Waals surface area contributed by atoms with Gasteiger partial charge in [-0.2, -0.15) is 0 Å². The minimum absolute atomic E-state index is 0.109. The third-order valence-electron chi connectivity index (χ3n) is 2.84. The van der Waals surface area contributed by atoms with Crippen LogP contribution in [0.5, 0.6) is 11.5 Å². The number of amides is 2. The molecular formula is C14H12N2O5. The molecule has 0 bridgehead atoms. The van der Waals surface area contributed by atoms with Crippen LogP contribution in [-0.4, -0.2) is 25.0 Å². The lowest BCUT2D eigenvalue weighted by Crippen LogP contribution is -2.41. The number of carbonyl (C=O) groups excluding carboxylic acids is 2. The van der Waals surface area contributed by atoms with Crippen molar-refractivity contribution < 1.29 is 23.5 Å². The average molecular weight is 288 g/mol. The van der Waals surface area contributed by atoms with Gasteiger partial charge >= 0.3 is 5.91 Å². The Bertz CT molecular complexity index is 666. The van der Waals surface area contributed by atoms with E-state index >= 15 is 0 Å². The van der Waals surface area contributed by atoms with Crippen molar-refractivity contribution in [3.8, 4) is 11.5 Å². The highest BCUT2D eigenvalue weighted by molar-refractivity contribution is 5.98. The Morgan fingerprint density at radius 3 is 2.48 bits per heavy atom. The van der Waals surface area contributed by atoms with Crippen LogP contribution >= 0.6 is 0 Å². The van der Waals surface area contributed by atoms with E-state index in [4.69, 9.17) is 13.9 Å². The lowest BCUT2D eigenvalue weighted by Gasteiger charge is -2.18. The van der Waals surface area contributed by atoms with Gasteiger partial charge in [0.15, 0.2) is 17.3 Å². The summed E-state index contributed by atoms with van der Waals surface area (Å²) in [6.07, 6.45) is 1.37. The van der Waals surface area contributed by atoms with Gasteiger partial charge in [0.2, 0.25) is 0 Å². The highest BCUT2D eigenvalue weighted by Gasteiger charge is 2.16. The quantitative estimate of drug-likeness (QED) is 0.808. The van der Waals surface area contributed by atoms with Gasteiger partial charge in [0.05, 0.1) is 6.26 Å². The monoisotopic (exact) mass is 288 g/mol. The van der Waals surface area contributed by atoms with Crippen molar-refractivity contribution in [2.75, 3.05) is 13.2 Å². The number of fused-ring (bicyclic) bond motifs is 1. The maximum Gasteiger partial charge on any atom is 0.305 e. The topological polar surface area (TPSA) is 89.8 Å². The second-order valence-electron chi connectivity index (χ2n) is 4.24. The summed E-state index contributed by atoms with van der Waals surface area (Å²) in [6.45, 7) is 0.922. The lowest BCUT2D eigenvalue weighted by molar-refractivity contribution is 0.0830. The number of ether oxygens (including phenoxy) is 2. The van der Waals surface area contributed by atoms with Crippen molar-refractivity contribution in [1.82, 2.24) is 10.9 Å². The normalized spacial score (nSPS) is 12.6. The van der Waals surface area contributed by atoms with Crippen molar-refractivity contribution in [2.45, 2.75) is 0 Å². The van der Waals surface area contributed by atoms with Crippen LogP contribution in [0.2, 0.25) is 0 Å². The van der Waals surface area contributed by atoms with Crippen molar-refractivity contribution in [2.24, 2.45) is 0 Å². The number of hydrazine groups is 1. The summed E-state index contributed by atoms with van der Waals surface area (Å²) >= 11 is 0. The molecule has 0 unspecified atom stereocenters. The molecule has 2 N–H and O–H groups in total. The third kappa shape index (κ3) is 2.81. The molecule has 1 aliphatic heterocycles. The molecular weight excluding hydrogens is 276 g/mol. The second kappa shape index (κ2) is 5.58. The van der Waals surface area contributed by atoms with Crippen LogP contribution in [0.3, 0.4) is 0 Å². The third-order valence-corrected chi connectivity index (χ3v) is 2.84. The van der Waals surface area contributed by atoms with Crippen LogP contribution in [0.15, 0.2) is 41.0 Å². The average Bonchev–Trinajstić information content (AvgIpc) is 3.06. The van der Waals surface area contributed by atoms with Crippen LogP contribution in [-0.2, 0) is 0 Å². The Labute approximate surface area is 119 Å². The molecule has 0 saturated heterocycles. The fraction of sp³-hybridized carbons (Fsp3) is 0.143. The van der Waals surface area contributed by atoms with Gasteiger partial charge in [-0.1, -0.05) is 0 Å². The molecule has 2 aromatic rings. The van der Waals surface area contributed by atoms with E-state index in [1.54, 1.807) is 24.3 Å². The second-order valence-corrected chi connectivity index (χ2v) is 4.24. The van der Waals surface area contributed by atoms with E-state index in [9.17, 15) is 9.59 Å². The number of benzene rings is 1. The summed E-state index contributed by atoms with van der Waals surface area (Å²) in [4.78, 5) is 23.6. The molecule has 0 radical (unpaired) electrons. The van der Waals surface area contributed by atoms with Gasteiger partial charge in [-0.3, -0.25) is 20.4 Å². The summed E-state index contributed by atoms with van der Waals surface area (Å²) in [5.41, 5.74) is 4.90. The first-order valence-electron chi connectivity index (χ1n) is 6.28. The van der Waals surface area contributed by atoms with Crippen LogP contribution in [0.1, 0.15) is 20.9 Å². The smallest absolute Gasteiger partial charge is 0.305 e. The number of carbonyl (C=O) groups is 2. The zero-order valence-corrected chi connectivity index (χ0v) is 10.9. The van der Waals surface area contributed by atoms with E-state index < -0.39 is 11.8 Å². The first-order chi connectivity index (χ1) is 10.2. The van der Waals surface area contributed by atoms with Crippen LogP contribution in [0.25, 0.3) is 0 Å². The maximum absolute atomic E-state index is 12.0. The Morgan fingerprint density at radius 1 is 0.952 bits per heavy atom. The first-order valence-corrected chi connectivity index (χ1v) is 6.28. The van der Waals surface area contributed by atoms with Gasteiger partial charge in [0.25, 0.3) is 5.91 Å². The Hall–Kier alpha value is -2.96. The molecule has 0 spiro atoms. The highest BCUT2D eigenvalue weighted by Crippen LogP contribution is 2.30. The summed E-state index contributed by atoms with van der Waals surface area (Å²) in [7, 11) is 0. The van der Waals surface area contributed by atoms with Gasteiger partial charge in [0, 0.05) is 5.56 Å². The summed E-state index contributed by atoms with van der Waals surface area (Å²) in [6, 6.07) is 7.87. The molecule has 0 atom stereocenters. The zero-order chi connectivity index (χ0) is 14.7. The molecule has 21 heavy (non-hydrogen) atoms. The number of nitrogens with one attached hydrogen (secondary N) is 2. The van der Waals surface area contributed by atoms with E-state index in [-0.39, 0.29) is 5.76 Å². The van der Waals surface area contributed by atoms with Crippen molar-refractivity contribution in [3.63, 3.8) is 0 Å². The minimum atomic E-state index is -0.536. The number of furan rings is 1. The highest BCUT2D eigenvalue weighted by atomic mass is 16.6. The van der Waals surface area contributed by atoms with E-state index in [2.05, 4.69) is 10.9 Å². The Morgan fingerprint density at radius 2 is 1.71 bits per heavy atom. The van der Waals surface area contributed by atoms with Crippen LogP contribution < -0.4 is 20.3 Å². The van der Waals surface area contributed by atoms with E-state index in [1.807, 2.05) is 0 Å². The van der Waals surface area contributed by atoms with Crippen LogP contribution in [0, 0.1) is 0 Å². The van der Waals surface area contributed by atoms with Crippen molar-refractivity contribution >= 4 is 11.8 Å². The molecule has 1 aliphatic rings. The molecule has 0 saturated carbocycles. The van der Waals surface area contributed by atoms with Crippen molar-refractivity contribution in [1.29, 1.82) is 0 Å². The molecule has 1 aromatic carbocycles.